The molecule has 1 aromatic heterocycles. The summed E-state index contributed by atoms with van der Waals surface area (Å²) in [5.74, 6) is 0.697. The molecular weight excluding hydrogens is 203 g/mol. The Balaban J connectivity index is 2.68. The highest BCUT2D eigenvalue weighted by molar-refractivity contribution is 7.17. The van der Waals surface area contributed by atoms with Crippen LogP contribution in [-0.2, 0) is 6.61 Å². The SMILES string of the molecule is COc1ccc2c(CO)c(F)sc2c1. The number of hydrogen-bond donors (Lipinski definition) is 1. The van der Waals surface area contributed by atoms with Crippen molar-refractivity contribution in [1.29, 1.82) is 0 Å². The number of hydrogen-bond acceptors (Lipinski definition) is 3. The molecule has 74 valence electrons. The summed E-state index contributed by atoms with van der Waals surface area (Å²) >= 11 is 1.03. The predicted octanol–water partition coefficient (Wildman–Crippen LogP) is 2.54. The molecule has 0 fully saturated rings. The molecule has 0 bridgehead atoms. The van der Waals surface area contributed by atoms with E-state index in [4.69, 9.17) is 9.84 Å². The highest BCUT2D eigenvalue weighted by Gasteiger charge is 2.11. The van der Waals surface area contributed by atoms with Crippen LogP contribution in [0.4, 0.5) is 4.39 Å². The summed E-state index contributed by atoms with van der Waals surface area (Å²) in [4.78, 5) is 0. The molecular formula is C10H9FO2S. The first-order valence-corrected chi connectivity index (χ1v) is 4.93. The van der Waals surface area contributed by atoms with E-state index in [9.17, 15) is 4.39 Å². The Labute approximate surface area is 84.6 Å². The van der Waals surface area contributed by atoms with E-state index < -0.39 is 0 Å². The van der Waals surface area contributed by atoms with Gasteiger partial charge in [0.1, 0.15) is 5.75 Å². The first kappa shape index (κ1) is 9.43. The lowest BCUT2D eigenvalue weighted by Crippen LogP contribution is -1.84. The molecule has 0 aliphatic rings. The van der Waals surface area contributed by atoms with Crippen LogP contribution in [0.15, 0.2) is 18.2 Å². The van der Waals surface area contributed by atoms with E-state index in [1.54, 1.807) is 25.3 Å². The molecule has 0 aliphatic carbocycles. The fourth-order valence-corrected chi connectivity index (χ4v) is 2.34. The second kappa shape index (κ2) is 3.55. The van der Waals surface area contributed by atoms with Crippen LogP contribution in [0.2, 0.25) is 0 Å². The Kier molecular flexibility index (Phi) is 2.39. The van der Waals surface area contributed by atoms with Crippen LogP contribution in [0.25, 0.3) is 10.1 Å². The summed E-state index contributed by atoms with van der Waals surface area (Å²) in [6.07, 6.45) is 0. The second-order valence-corrected chi connectivity index (χ2v) is 3.88. The van der Waals surface area contributed by atoms with Gasteiger partial charge in [-0.05, 0) is 18.2 Å². The molecule has 0 unspecified atom stereocenters. The fraction of sp³-hybridized carbons (Fsp3) is 0.200. The zero-order chi connectivity index (χ0) is 10.1. The van der Waals surface area contributed by atoms with Gasteiger partial charge in [-0.15, -0.1) is 11.3 Å². The summed E-state index contributed by atoms with van der Waals surface area (Å²) in [5, 5.41) is 9.40. The molecule has 0 saturated carbocycles. The van der Waals surface area contributed by atoms with E-state index in [-0.39, 0.29) is 11.7 Å². The van der Waals surface area contributed by atoms with Gasteiger partial charge in [-0.1, -0.05) is 0 Å². The first-order chi connectivity index (χ1) is 6.76. The minimum Gasteiger partial charge on any atom is -0.497 e. The highest BCUT2D eigenvalue weighted by atomic mass is 32.1. The van der Waals surface area contributed by atoms with Crippen LogP contribution >= 0.6 is 11.3 Å². The number of aliphatic hydroxyl groups is 1. The molecule has 0 saturated heterocycles. The molecule has 1 N–H and O–H groups in total. The summed E-state index contributed by atoms with van der Waals surface area (Å²) in [6.45, 7) is -0.266. The third-order valence-corrected chi connectivity index (χ3v) is 3.09. The average molecular weight is 212 g/mol. The largest absolute Gasteiger partial charge is 0.497 e. The van der Waals surface area contributed by atoms with Gasteiger partial charge in [0, 0.05) is 15.6 Å². The van der Waals surface area contributed by atoms with E-state index in [1.807, 2.05) is 0 Å². The van der Waals surface area contributed by atoms with Crippen molar-refractivity contribution in [2.75, 3.05) is 7.11 Å². The van der Waals surface area contributed by atoms with Gasteiger partial charge in [0.05, 0.1) is 13.7 Å². The molecule has 4 heteroatoms. The lowest BCUT2D eigenvalue weighted by molar-refractivity contribution is 0.279. The number of fused-ring (bicyclic) bond motifs is 1. The molecule has 0 aliphatic heterocycles. The summed E-state index contributed by atoms with van der Waals surface area (Å²) in [5.41, 5.74) is 0.368. The number of aliphatic hydroxyl groups excluding tert-OH is 1. The molecule has 0 spiro atoms. The van der Waals surface area contributed by atoms with Gasteiger partial charge in [-0.3, -0.25) is 0 Å². The van der Waals surface area contributed by atoms with Crippen molar-refractivity contribution >= 4 is 21.4 Å². The molecule has 1 heterocycles. The van der Waals surface area contributed by atoms with Crippen LogP contribution < -0.4 is 4.74 Å². The second-order valence-electron chi connectivity index (χ2n) is 2.87. The number of benzene rings is 1. The lowest BCUT2D eigenvalue weighted by atomic mass is 10.2. The number of thiophene rings is 1. The van der Waals surface area contributed by atoms with Crippen molar-refractivity contribution in [3.63, 3.8) is 0 Å². The van der Waals surface area contributed by atoms with Crippen molar-refractivity contribution in [3.05, 3.63) is 28.9 Å². The van der Waals surface area contributed by atoms with Crippen LogP contribution in [-0.4, -0.2) is 12.2 Å². The van der Waals surface area contributed by atoms with Gasteiger partial charge in [0.25, 0.3) is 0 Å². The van der Waals surface area contributed by atoms with Crippen LogP contribution in [0.3, 0.4) is 0 Å². The lowest BCUT2D eigenvalue weighted by Gasteiger charge is -1.98. The minimum absolute atomic E-state index is 0.266. The topological polar surface area (TPSA) is 29.5 Å². The summed E-state index contributed by atoms with van der Waals surface area (Å²) < 4.78 is 19.1. The molecule has 2 nitrogen and oxygen atoms in total. The minimum atomic E-state index is -0.323. The number of rotatable bonds is 2. The summed E-state index contributed by atoms with van der Waals surface area (Å²) in [6, 6.07) is 5.29. The Hall–Kier alpha value is -1.13. The third kappa shape index (κ3) is 1.36. The number of halogens is 1. The maximum atomic E-state index is 13.3. The third-order valence-electron chi connectivity index (χ3n) is 2.11. The standard InChI is InChI=1S/C10H9FO2S/c1-13-6-2-3-7-8(5-12)10(11)14-9(7)4-6/h2-4,12H,5H2,1H3. The fourth-order valence-electron chi connectivity index (χ4n) is 1.37. The van der Waals surface area contributed by atoms with Crippen LogP contribution in [0, 0.1) is 5.13 Å². The molecule has 0 atom stereocenters. The van der Waals surface area contributed by atoms with Crippen molar-refractivity contribution in [2.45, 2.75) is 6.61 Å². The van der Waals surface area contributed by atoms with Crippen LogP contribution in [0.1, 0.15) is 5.56 Å². The maximum Gasteiger partial charge on any atom is 0.183 e. The molecule has 0 amide bonds. The van der Waals surface area contributed by atoms with E-state index in [0.717, 1.165) is 21.4 Å². The quantitative estimate of drug-likeness (QED) is 0.829. The first-order valence-electron chi connectivity index (χ1n) is 4.12. The Morgan fingerprint density at radius 3 is 2.93 bits per heavy atom. The monoisotopic (exact) mass is 212 g/mol. The molecule has 1 aromatic carbocycles. The zero-order valence-corrected chi connectivity index (χ0v) is 8.40. The van der Waals surface area contributed by atoms with Crippen molar-refractivity contribution in [3.8, 4) is 5.75 Å². The van der Waals surface area contributed by atoms with Crippen molar-refractivity contribution in [1.82, 2.24) is 0 Å². The smallest absolute Gasteiger partial charge is 0.183 e. The van der Waals surface area contributed by atoms with E-state index in [1.165, 1.54) is 0 Å². The van der Waals surface area contributed by atoms with Gasteiger partial charge in [-0.2, -0.15) is 4.39 Å². The Bertz CT molecular complexity index is 464. The molecule has 14 heavy (non-hydrogen) atoms. The van der Waals surface area contributed by atoms with Crippen molar-refractivity contribution in [2.24, 2.45) is 0 Å². The normalized spacial score (nSPS) is 10.8. The average Bonchev–Trinajstić information content (AvgIpc) is 2.51. The molecule has 0 radical (unpaired) electrons. The van der Waals surface area contributed by atoms with Gasteiger partial charge in [0.15, 0.2) is 5.13 Å². The van der Waals surface area contributed by atoms with Gasteiger partial charge in [-0.25, -0.2) is 0 Å². The Morgan fingerprint density at radius 1 is 1.50 bits per heavy atom. The van der Waals surface area contributed by atoms with Gasteiger partial charge in [0.2, 0.25) is 0 Å². The molecule has 2 aromatic rings. The van der Waals surface area contributed by atoms with E-state index in [0.29, 0.717) is 11.3 Å². The van der Waals surface area contributed by atoms with E-state index >= 15 is 0 Å². The van der Waals surface area contributed by atoms with Gasteiger partial charge < -0.3 is 9.84 Å². The highest BCUT2D eigenvalue weighted by Crippen LogP contribution is 2.32. The van der Waals surface area contributed by atoms with Gasteiger partial charge >= 0.3 is 0 Å². The maximum absolute atomic E-state index is 13.3. The van der Waals surface area contributed by atoms with Crippen molar-refractivity contribution < 1.29 is 14.2 Å². The number of methoxy groups -OCH3 is 1. The Morgan fingerprint density at radius 2 is 2.29 bits per heavy atom. The van der Waals surface area contributed by atoms with Crippen LogP contribution in [0.5, 0.6) is 5.75 Å². The summed E-state index contributed by atoms with van der Waals surface area (Å²) in [7, 11) is 1.57. The predicted molar refractivity (Wildman–Crippen MR) is 54.3 cm³/mol. The number of ether oxygens (including phenoxy) is 1. The molecule has 2 rings (SSSR count). The van der Waals surface area contributed by atoms with E-state index in [2.05, 4.69) is 0 Å². The zero-order valence-electron chi connectivity index (χ0n) is 7.58.